The minimum absolute atomic E-state index is 0.0177. The largest absolute Gasteiger partial charge is 0.371 e. The number of piperidine rings is 1. The van der Waals surface area contributed by atoms with Gasteiger partial charge >= 0.3 is 0 Å². The molecule has 2 aliphatic carbocycles. The van der Waals surface area contributed by atoms with Gasteiger partial charge in [0.2, 0.25) is 21.9 Å². The zero-order valence-electron chi connectivity index (χ0n) is 21.7. The zero-order valence-corrected chi connectivity index (χ0v) is 22.5. The van der Waals surface area contributed by atoms with Crippen LogP contribution in [0.1, 0.15) is 67.4 Å². The molecule has 1 saturated heterocycles. The maximum Gasteiger partial charge on any atom is 0.258 e. The SMILES string of the molecule is CN1C(=O)C2(CCC(F)(F)CC2)c2nc(NC(=O)c3ccc(S(N)(=O)=O)cc3N3CCC4(CC3)CC4)ccc21. The fraction of sp³-hybridized carbons (Fsp3) is 0.519. The number of nitrogens with zero attached hydrogens (tertiary/aromatic N) is 3. The Balaban J connectivity index is 1.31. The molecule has 1 aromatic heterocycles. The van der Waals surface area contributed by atoms with Crippen molar-refractivity contribution >= 4 is 39.0 Å². The number of hydrogen-bond acceptors (Lipinski definition) is 6. The monoisotopic (exact) mass is 559 g/mol. The molecule has 2 amide bonds. The van der Waals surface area contributed by atoms with Crippen LogP contribution in [-0.4, -0.2) is 51.3 Å². The summed E-state index contributed by atoms with van der Waals surface area (Å²) in [6, 6.07) is 7.44. The van der Waals surface area contributed by atoms with Crippen molar-refractivity contribution in [3.63, 3.8) is 0 Å². The topological polar surface area (TPSA) is 126 Å². The van der Waals surface area contributed by atoms with E-state index in [4.69, 9.17) is 5.14 Å². The average Bonchev–Trinajstić information content (AvgIpc) is 3.62. The smallest absolute Gasteiger partial charge is 0.258 e. The number of likely N-dealkylation sites (N-methyl/N-ethyl adjacent to an activating group) is 1. The number of alkyl halides is 2. The van der Waals surface area contributed by atoms with E-state index in [0.29, 0.717) is 35.6 Å². The number of carbonyl (C=O) groups is 2. The molecule has 0 radical (unpaired) electrons. The molecule has 2 saturated carbocycles. The van der Waals surface area contributed by atoms with E-state index in [-0.39, 0.29) is 35.0 Å². The highest BCUT2D eigenvalue weighted by molar-refractivity contribution is 7.89. The summed E-state index contributed by atoms with van der Waals surface area (Å²) in [5.74, 6) is -3.38. The van der Waals surface area contributed by atoms with Crippen molar-refractivity contribution in [1.82, 2.24) is 4.98 Å². The van der Waals surface area contributed by atoms with Crippen molar-refractivity contribution in [3.05, 3.63) is 41.6 Å². The maximum absolute atomic E-state index is 14.0. The first-order chi connectivity index (χ1) is 18.3. The molecule has 4 aliphatic rings. The second kappa shape index (κ2) is 8.69. The average molecular weight is 560 g/mol. The van der Waals surface area contributed by atoms with Crippen molar-refractivity contribution in [2.45, 2.75) is 67.6 Å². The predicted molar refractivity (Wildman–Crippen MR) is 142 cm³/mol. The number of primary sulfonamides is 1. The number of benzene rings is 1. The summed E-state index contributed by atoms with van der Waals surface area (Å²) in [5.41, 5.74) is 0.950. The molecule has 0 atom stereocenters. The molecule has 1 aromatic carbocycles. The van der Waals surface area contributed by atoms with Gasteiger partial charge in [0.25, 0.3) is 5.91 Å². The van der Waals surface area contributed by atoms with Crippen molar-refractivity contribution in [2.75, 3.05) is 35.3 Å². The van der Waals surface area contributed by atoms with Gasteiger partial charge in [-0.2, -0.15) is 0 Å². The number of pyridine rings is 1. The summed E-state index contributed by atoms with van der Waals surface area (Å²) in [4.78, 5) is 34.7. The Morgan fingerprint density at radius 2 is 1.64 bits per heavy atom. The second-order valence-electron chi connectivity index (χ2n) is 11.5. The molecule has 12 heteroatoms. The zero-order chi connectivity index (χ0) is 27.8. The van der Waals surface area contributed by atoms with Crippen LogP contribution in [0.3, 0.4) is 0 Å². The van der Waals surface area contributed by atoms with Gasteiger partial charge in [-0.1, -0.05) is 0 Å². The number of nitrogens with two attached hydrogens (primary N) is 1. The summed E-state index contributed by atoms with van der Waals surface area (Å²) in [6.07, 6.45) is 3.51. The van der Waals surface area contributed by atoms with Crippen LogP contribution in [0.5, 0.6) is 0 Å². The third-order valence-corrected chi connectivity index (χ3v) is 10.1. The number of sulfonamides is 1. The fourth-order valence-corrected chi connectivity index (χ4v) is 6.93. The molecule has 3 N–H and O–H groups in total. The van der Waals surface area contributed by atoms with Gasteiger partial charge in [-0.3, -0.25) is 9.59 Å². The Hall–Kier alpha value is -3.12. The summed E-state index contributed by atoms with van der Waals surface area (Å²) < 4.78 is 52.1. The lowest BCUT2D eigenvalue weighted by Crippen LogP contribution is -2.44. The molecule has 2 aromatic rings. The van der Waals surface area contributed by atoms with Crippen LogP contribution in [0, 0.1) is 5.41 Å². The summed E-state index contributed by atoms with van der Waals surface area (Å²) in [6.45, 7) is 1.40. The van der Waals surface area contributed by atoms with Gasteiger partial charge in [0, 0.05) is 33.0 Å². The van der Waals surface area contributed by atoms with Crippen molar-refractivity contribution in [3.8, 4) is 0 Å². The molecule has 3 fully saturated rings. The standard InChI is InChI=1S/C27H31F2N5O4S/c1-33-19-4-5-21(31-22(19)26(24(33)36)8-10-27(28,29)11-9-26)32-23(35)18-3-2-17(39(30,37)38)16-20(18)34-14-12-25(6-7-25)13-15-34/h2-5,16H,6-15H2,1H3,(H2,30,37,38)(H,31,32,35). The van der Waals surface area contributed by atoms with Gasteiger partial charge in [0.05, 0.1) is 32.9 Å². The molecule has 3 heterocycles. The van der Waals surface area contributed by atoms with Crippen LogP contribution >= 0.6 is 0 Å². The third-order valence-electron chi connectivity index (χ3n) is 9.14. The van der Waals surface area contributed by atoms with Gasteiger partial charge in [0.1, 0.15) is 5.82 Å². The molecule has 2 aliphatic heterocycles. The highest BCUT2D eigenvalue weighted by Gasteiger charge is 2.56. The summed E-state index contributed by atoms with van der Waals surface area (Å²) >= 11 is 0. The molecule has 9 nitrogen and oxygen atoms in total. The molecular formula is C27H31F2N5O4S. The van der Waals surface area contributed by atoms with E-state index in [0.717, 1.165) is 12.8 Å². The Morgan fingerprint density at radius 3 is 2.26 bits per heavy atom. The normalized spacial score (nSPS) is 22.7. The first-order valence-electron chi connectivity index (χ1n) is 13.2. The quantitative estimate of drug-likeness (QED) is 0.587. The molecule has 6 rings (SSSR count). The van der Waals surface area contributed by atoms with Crippen molar-refractivity contribution in [1.29, 1.82) is 0 Å². The van der Waals surface area contributed by atoms with Gasteiger partial charge in [-0.15, -0.1) is 0 Å². The maximum atomic E-state index is 14.0. The highest BCUT2D eigenvalue weighted by atomic mass is 32.2. The molecule has 2 spiro atoms. The number of fused-ring (bicyclic) bond motifs is 2. The van der Waals surface area contributed by atoms with Gasteiger partial charge in [0.15, 0.2) is 0 Å². The molecular weight excluding hydrogens is 528 g/mol. The number of halogens is 2. The van der Waals surface area contributed by atoms with Gasteiger partial charge < -0.3 is 15.1 Å². The minimum Gasteiger partial charge on any atom is -0.371 e. The fourth-order valence-electron chi connectivity index (χ4n) is 6.39. The van der Waals surface area contributed by atoms with Crippen LogP contribution in [-0.2, 0) is 20.2 Å². The molecule has 208 valence electrons. The van der Waals surface area contributed by atoms with Gasteiger partial charge in [-0.25, -0.2) is 27.3 Å². The predicted octanol–water partition coefficient (Wildman–Crippen LogP) is 3.79. The van der Waals surface area contributed by atoms with E-state index in [1.54, 1.807) is 19.2 Å². The second-order valence-corrected chi connectivity index (χ2v) is 13.1. The lowest BCUT2D eigenvalue weighted by Gasteiger charge is -2.35. The number of rotatable bonds is 4. The number of amides is 2. The molecule has 0 bridgehead atoms. The van der Waals surface area contributed by atoms with E-state index in [1.807, 2.05) is 4.90 Å². The Labute approximate surface area is 225 Å². The lowest BCUT2D eigenvalue weighted by atomic mass is 9.71. The number of nitrogens with one attached hydrogen (secondary N) is 1. The number of aromatic nitrogens is 1. The van der Waals surface area contributed by atoms with E-state index in [1.165, 1.54) is 35.9 Å². The van der Waals surface area contributed by atoms with Crippen LogP contribution in [0.15, 0.2) is 35.2 Å². The minimum atomic E-state index is -3.98. The number of carbonyl (C=O) groups excluding carboxylic acids is 2. The van der Waals surface area contributed by atoms with Crippen molar-refractivity contribution in [2.24, 2.45) is 10.6 Å². The number of anilines is 3. The van der Waals surface area contributed by atoms with E-state index in [9.17, 15) is 26.8 Å². The van der Waals surface area contributed by atoms with E-state index >= 15 is 0 Å². The Kier molecular flexibility index (Phi) is 5.82. The first kappa shape index (κ1) is 26.1. The first-order valence-corrected chi connectivity index (χ1v) is 14.8. The highest BCUT2D eigenvalue weighted by Crippen LogP contribution is 2.54. The third kappa shape index (κ3) is 4.47. The summed E-state index contributed by atoms with van der Waals surface area (Å²) in [5, 5.41) is 8.17. The molecule has 0 unspecified atom stereocenters. The van der Waals surface area contributed by atoms with Crippen LogP contribution in [0.25, 0.3) is 0 Å². The van der Waals surface area contributed by atoms with Crippen molar-refractivity contribution < 1.29 is 26.8 Å². The Bertz CT molecular complexity index is 1470. The summed E-state index contributed by atoms with van der Waals surface area (Å²) in [7, 11) is -2.37. The lowest BCUT2D eigenvalue weighted by molar-refractivity contribution is -0.128. The molecule has 39 heavy (non-hydrogen) atoms. The van der Waals surface area contributed by atoms with Crippen LogP contribution in [0.4, 0.5) is 26.0 Å². The van der Waals surface area contributed by atoms with Crippen LogP contribution < -0.4 is 20.3 Å². The van der Waals surface area contributed by atoms with E-state index < -0.39 is 40.1 Å². The van der Waals surface area contributed by atoms with Gasteiger partial charge in [-0.05, 0) is 74.3 Å². The number of hydrogen-bond donors (Lipinski definition) is 2. The van der Waals surface area contributed by atoms with E-state index in [2.05, 4.69) is 10.3 Å². The Morgan fingerprint density at radius 1 is 0.974 bits per heavy atom. The van der Waals surface area contributed by atoms with Crippen LogP contribution in [0.2, 0.25) is 0 Å².